The van der Waals surface area contributed by atoms with E-state index in [0.717, 1.165) is 26.6 Å². The summed E-state index contributed by atoms with van der Waals surface area (Å²) < 4.78 is 0. The molecule has 4 nitrogen and oxygen atoms in total. The van der Waals surface area contributed by atoms with Gasteiger partial charge in [0.25, 0.3) is 0 Å². The molecule has 0 aliphatic rings. The van der Waals surface area contributed by atoms with Gasteiger partial charge in [-0.1, -0.05) is 26.0 Å². The van der Waals surface area contributed by atoms with Gasteiger partial charge in [0.15, 0.2) is 0 Å². The summed E-state index contributed by atoms with van der Waals surface area (Å²) >= 11 is 1.58. The van der Waals surface area contributed by atoms with E-state index in [9.17, 15) is 9.59 Å². The monoisotopic (exact) mass is 316 g/mol. The largest absolute Gasteiger partial charge is 0.366 e. The van der Waals surface area contributed by atoms with Crippen molar-refractivity contribution in [1.82, 2.24) is 0 Å². The molecule has 2 aromatic rings. The first kappa shape index (κ1) is 16.2. The highest BCUT2D eigenvalue weighted by Gasteiger charge is 2.19. The van der Waals surface area contributed by atoms with Crippen molar-refractivity contribution in [2.75, 3.05) is 5.32 Å². The summed E-state index contributed by atoms with van der Waals surface area (Å²) in [6, 6.07) is 7.54. The van der Waals surface area contributed by atoms with Gasteiger partial charge in [0.2, 0.25) is 11.8 Å². The molecule has 0 unspecified atom stereocenters. The maximum absolute atomic E-state index is 11.8. The van der Waals surface area contributed by atoms with Crippen LogP contribution in [0.3, 0.4) is 0 Å². The van der Waals surface area contributed by atoms with Crippen molar-refractivity contribution in [3.05, 3.63) is 40.3 Å². The van der Waals surface area contributed by atoms with Crippen LogP contribution >= 0.6 is 11.3 Å². The fourth-order valence-electron chi connectivity index (χ4n) is 2.28. The second-order valence-corrected chi connectivity index (χ2v) is 6.65. The molecule has 1 aromatic carbocycles. The maximum atomic E-state index is 11.8. The third-order valence-electron chi connectivity index (χ3n) is 3.47. The van der Waals surface area contributed by atoms with E-state index >= 15 is 0 Å². The molecule has 0 atom stereocenters. The summed E-state index contributed by atoms with van der Waals surface area (Å²) in [4.78, 5) is 25.0. The topological polar surface area (TPSA) is 72.2 Å². The van der Waals surface area contributed by atoms with Crippen LogP contribution in [-0.2, 0) is 4.79 Å². The van der Waals surface area contributed by atoms with Gasteiger partial charge in [0.1, 0.15) is 0 Å². The van der Waals surface area contributed by atoms with Gasteiger partial charge in [0, 0.05) is 22.4 Å². The van der Waals surface area contributed by atoms with Crippen molar-refractivity contribution in [3.63, 3.8) is 0 Å². The Bertz CT molecular complexity index is 732. The van der Waals surface area contributed by atoms with Gasteiger partial charge in [-0.25, -0.2) is 0 Å². The zero-order valence-corrected chi connectivity index (χ0v) is 14.0. The highest BCUT2D eigenvalue weighted by atomic mass is 32.1. The molecule has 0 aliphatic heterocycles. The first-order chi connectivity index (χ1) is 10.3. The molecule has 0 bridgehead atoms. The molecule has 0 saturated carbocycles. The molecule has 2 amide bonds. The van der Waals surface area contributed by atoms with Crippen LogP contribution in [0.15, 0.2) is 24.3 Å². The third kappa shape index (κ3) is 3.20. The third-order valence-corrected chi connectivity index (χ3v) is 4.94. The predicted molar refractivity (Wildman–Crippen MR) is 91.4 cm³/mol. The summed E-state index contributed by atoms with van der Waals surface area (Å²) in [7, 11) is 0. The number of thiophene rings is 1. The minimum absolute atomic E-state index is 0.121. The minimum Gasteiger partial charge on any atom is -0.366 e. The number of amides is 2. The quantitative estimate of drug-likeness (QED) is 0.897. The van der Waals surface area contributed by atoms with Gasteiger partial charge < -0.3 is 11.1 Å². The SMILES string of the molecule is CC(=O)Nc1cccc(-c2sc(C(C)C)cc2C(N)=O)c1C. The highest BCUT2D eigenvalue weighted by Crippen LogP contribution is 2.39. The van der Waals surface area contributed by atoms with E-state index in [1.54, 1.807) is 11.3 Å². The Balaban J connectivity index is 2.61. The lowest BCUT2D eigenvalue weighted by Gasteiger charge is -2.11. The zero-order valence-electron chi connectivity index (χ0n) is 13.2. The second kappa shape index (κ2) is 6.32. The van der Waals surface area contributed by atoms with Crippen LogP contribution < -0.4 is 11.1 Å². The van der Waals surface area contributed by atoms with E-state index in [0.29, 0.717) is 11.5 Å². The number of carbonyl (C=O) groups excluding carboxylic acids is 2. The number of primary amides is 1. The summed E-state index contributed by atoms with van der Waals surface area (Å²) in [5.41, 5.74) is 8.68. The number of rotatable bonds is 4. The van der Waals surface area contributed by atoms with Crippen LogP contribution in [0.25, 0.3) is 10.4 Å². The number of benzene rings is 1. The molecule has 0 radical (unpaired) electrons. The number of hydrogen-bond donors (Lipinski definition) is 2. The van der Waals surface area contributed by atoms with Gasteiger partial charge in [-0.2, -0.15) is 0 Å². The molecule has 116 valence electrons. The lowest BCUT2D eigenvalue weighted by molar-refractivity contribution is -0.114. The first-order valence-electron chi connectivity index (χ1n) is 7.12. The van der Waals surface area contributed by atoms with Crippen LogP contribution in [0.5, 0.6) is 0 Å². The lowest BCUT2D eigenvalue weighted by atomic mass is 10.0. The predicted octanol–water partition coefficient (Wildman–Crippen LogP) is 3.90. The first-order valence-corrected chi connectivity index (χ1v) is 7.94. The van der Waals surface area contributed by atoms with E-state index in [1.165, 1.54) is 6.92 Å². The van der Waals surface area contributed by atoms with Crippen molar-refractivity contribution in [3.8, 4) is 10.4 Å². The number of nitrogens with one attached hydrogen (secondary N) is 1. The van der Waals surface area contributed by atoms with Crippen LogP contribution in [0.1, 0.15) is 47.5 Å². The molecular weight excluding hydrogens is 296 g/mol. The Morgan fingerprint density at radius 3 is 2.50 bits per heavy atom. The van der Waals surface area contributed by atoms with Crippen LogP contribution in [0, 0.1) is 6.92 Å². The molecule has 5 heteroatoms. The van der Waals surface area contributed by atoms with Crippen molar-refractivity contribution in [2.24, 2.45) is 5.73 Å². The summed E-state index contributed by atoms with van der Waals surface area (Å²) in [5, 5.41) is 2.81. The van der Waals surface area contributed by atoms with Gasteiger partial charge in [-0.3, -0.25) is 9.59 Å². The normalized spacial score (nSPS) is 10.8. The molecule has 0 fully saturated rings. The second-order valence-electron chi connectivity index (χ2n) is 5.57. The smallest absolute Gasteiger partial charge is 0.250 e. The van der Waals surface area contributed by atoms with Crippen molar-refractivity contribution in [2.45, 2.75) is 33.6 Å². The number of hydrogen-bond acceptors (Lipinski definition) is 3. The highest BCUT2D eigenvalue weighted by molar-refractivity contribution is 7.16. The molecule has 0 saturated heterocycles. The van der Waals surface area contributed by atoms with E-state index in [1.807, 2.05) is 31.2 Å². The molecule has 3 N–H and O–H groups in total. The minimum atomic E-state index is -0.428. The molecule has 22 heavy (non-hydrogen) atoms. The van der Waals surface area contributed by atoms with Crippen molar-refractivity contribution in [1.29, 1.82) is 0 Å². The fourth-order valence-corrected chi connectivity index (χ4v) is 3.53. The molecule has 0 spiro atoms. The standard InChI is InChI=1S/C17H20N2O2S/c1-9(2)15-8-13(17(18)21)16(22-15)12-6-5-7-14(10(12)3)19-11(4)20/h5-9H,1-4H3,(H2,18,21)(H,19,20). The molecule has 1 aromatic heterocycles. The Labute approximate surface area is 134 Å². The van der Waals surface area contributed by atoms with E-state index in [2.05, 4.69) is 19.2 Å². The Kier molecular flexibility index (Phi) is 4.66. The van der Waals surface area contributed by atoms with Gasteiger partial charge >= 0.3 is 0 Å². The Hall–Kier alpha value is -2.14. The Morgan fingerprint density at radius 1 is 1.27 bits per heavy atom. The molecule has 0 aliphatic carbocycles. The summed E-state index contributed by atoms with van der Waals surface area (Å²) in [5.74, 6) is -0.220. The van der Waals surface area contributed by atoms with Gasteiger partial charge in [0.05, 0.1) is 5.56 Å². The van der Waals surface area contributed by atoms with E-state index in [4.69, 9.17) is 5.73 Å². The van der Waals surface area contributed by atoms with E-state index < -0.39 is 5.91 Å². The number of nitrogens with two attached hydrogens (primary N) is 1. The molecule has 1 heterocycles. The van der Waals surface area contributed by atoms with Crippen LogP contribution in [0.2, 0.25) is 0 Å². The molecular formula is C17H20N2O2S. The summed E-state index contributed by atoms with van der Waals surface area (Å²) in [6.45, 7) is 7.57. The fraction of sp³-hybridized carbons (Fsp3) is 0.294. The molecule has 2 rings (SSSR count). The lowest BCUT2D eigenvalue weighted by Crippen LogP contribution is -2.11. The summed E-state index contributed by atoms with van der Waals surface area (Å²) in [6.07, 6.45) is 0. The van der Waals surface area contributed by atoms with Crippen LogP contribution in [-0.4, -0.2) is 11.8 Å². The van der Waals surface area contributed by atoms with E-state index in [-0.39, 0.29) is 5.91 Å². The number of anilines is 1. The Morgan fingerprint density at radius 2 is 1.95 bits per heavy atom. The average Bonchev–Trinajstić information content (AvgIpc) is 2.86. The van der Waals surface area contributed by atoms with Crippen LogP contribution in [0.4, 0.5) is 5.69 Å². The zero-order chi connectivity index (χ0) is 16.4. The van der Waals surface area contributed by atoms with Crippen molar-refractivity contribution < 1.29 is 9.59 Å². The van der Waals surface area contributed by atoms with Crippen molar-refractivity contribution >= 4 is 28.8 Å². The van der Waals surface area contributed by atoms with Gasteiger partial charge in [-0.15, -0.1) is 11.3 Å². The van der Waals surface area contributed by atoms with Gasteiger partial charge in [-0.05, 0) is 36.1 Å². The average molecular weight is 316 g/mol. The number of carbonyl (C=O) groups is 2. The maximum Gasteiger partial charge on any atom is 0.250 e.